The van der Waals surface area contributed by atoms with Gasteiger partial charge in [0.2, 0.25) is 0 Å². The molecule has 1 amide bonds. The molecule has 0 aliphatic rings. The number of hydrogen-bond acceptors (Lipinski definition) is 5. The number of aromatic nitrogens is 2. The summed E-state index contributed by atoms with van der Waals surface area (Å²) >= 11 is 3.28. The summed E-state index contributed by atoms with van der Waals surface area (Å²) in [4.78, 5) is 21.0. The Balaban J connectivity index is 2.16. The molecule has 0 aliphatic heterocycles. The molecule has 2 rings (SSSR count). The number of benzene rings is 1. The molecule has 0 radical (unpaired) electrons. The SMILES string of the molecule is CCSc1nc(C)cc(C(=O)Nc2cccc(CSC)c2)n1. The molecule has 2 aromatic rings. The third-order valence-corrected chi connectivity index (χ3v) is 4.19. The number of carbonyl (C=O) groups is 1. The zero-order valence-electron chi connectivity index (χ0n) is 12.9. The Morgan fingerprint density at radius 3 is 2.82 bits per heavy atom. The molecular formula is C16H19N3OS2. The van der Waals surface area contributed by atoms with Crippen molar-refractivity contribution in [2.24, 2.45) is 0 Å². The zero-order valence-corrected chi connectivity index (χ0v) is 14.6. The molecule has 0 saturated heterocycles. The van der Waals surface area contributed by atoms with E-state index in [0.717, 1.165) is 22.9 Å². The maximum absolute atomic E-state index is 12.4. The van der Waals surface area contributed by atoms with Gasteiger partial charge in [-0.15, -0.1) is 0 Å². The summed E-state index contributed by atoms with van der Waals surface area (Å²) in [7, 11) is 0. The van der Waals surface area contributed by atoms with E-state index in [2.05, 4.69) is 27.6 Å². The van der Waals surface area contributed by atoms with Crippen LogP contribution >= 0.6 is 23.5 Å². The minimum Gasteiger partial charge on any atom is -0.321 e. The quantitative estimate of drug-likeness (QED) is 0.639. The summed E-state index contributed by atoms with van der Waals surface area (Å²) < 4.78 is 0. The van der Waals surface area contributed by atoms with E-state index in [1.54, 1.807) is 17.8 Å². The highest BCUT2D eigenvalue weighted by Crippen LogP contribution is 2.17. The lowest BCUT2D eigenvalue weighted by atomic mass is 10.2. The largest absolute Gasteiger partial charge is 0.321 e. The van der Waals surface area contributed by atoms with Crippen LogP contribution in [0.15, 0.2) is 35.5 Å². The summed E-state index contributed by atoms with van der Waals surface area (Å²) in [5, 5.41) is 3.55. The molecule has 1 aromatic heterocycles. The second-order valence-electron chi connectivity index (χ2n) is 4.70. The molecule has 22 heavy (non-hydrogen) atoms. The lowest BCUT2D eigenvalue weighted by Gasteiger charge is -2.08. The smallest absolute Gasteiger partial charge is 0.274 e. The minimum atomic E-state index is -0.204. The van der Waals surface area contributed by atoms with E-state index in [1.165, 1.54) is 17.3 Å². The van der Waals surface area contributed by atoms with Crippen molar-refractivity contribution in [3.63, 3.8) is 0 Å². The normalized spacial score (nSPS) is 10.5. The van der Waals surface area contributed by atoms with Gasteiger partial charge in [-0.3, -0.25) is 4.79 Å². The number of carbonyl (C=O) groups excluding carboxylic acids is 1. The van der Waals surface area contributed by atoms with Gasteiger partial charge in [0.05, 0.1) is 0 Å². The van der Waals surface area contributed by atoms with Gasteiger partial charge in [-0.2, -0.15) is 11.8 Å². The number of nitrogens with one attached hydrogen (secondary N) is 1. The molecule has 0 aliphatic carbocycles. The fourth-order valence-corrected chi connectivity index (χ4v) is 3.09. The third-order valence-electron chi connectivity index (χ3n) is 2.84. The van der Waals surface area contributed by atoms with Gasteiger partial charge in [0, 0.05) is 17.1 Å². The van der Waals surface area contributed by atoms with Crippen molar-refractivity contribution in [2.75, 3.05) is 17.3 Å². The number of hydrogen-bond donors (Lipinski definition) is 1. The summed E-state index contributed by atoms with van der Waals surface area (Å²) in [5.41, 5.74) is 3.18. The highest BCUT2D eigenvalue weighted by molar-refractivity contribution is 7.99. The first-order valence-corrected chi connectivity index (χ1v) is 9.38. The standard InChI is InChI=1S/C16H19N3OS2/c1-4-22-16-17-11(2)8-14(19-16)15(20)18-13-7-5-6-12(9-13)10-21-3/h5-9H,4,10H2,1-3H3,(H,18,20). The highest BCUT2D eigenvalue weighted by atomic mass is 32.2. The summed E-state index contributed by atoms with van der Waals surface area (Å²) in [6.07, 6.45) is 2.06. The average Bonchev–Trinajstić information content (AvgIpc) is 2.47. The van der Waals surface area contributed by atoms with Gasteiger partial charge in [0.1, 0.15) is 5.69 Å². The first kappa shape index (κ1) is 16.8. The molecule has 0 fully saturated rings. The Hall–Kier alpha value is -1.53. The molecule has 1 heterocycles. The average molecular weight is 333 g/mol. The number of rotatable bonds is 6. The van der Waals surface area contributed by atoms with Crippen molar-refractivity contribution in [2.45, 2.75) is 24.8 Å². The monoisotopic (exact) mass is 333 g/mol. The fourth-order valence-electron chi connectivity index (χ4n) is 1.95. The summed E-state index contributed by atoms with van der Waals surface area (Å²) in [6, 6.07) is 9.59. The second-order valence-corrected chi connectivity index (χ2v) is 6.79. The van der Waals surface area contributed by atoms with Crippen LogP contribution in [-0.4, -0.2) is 27.9 Å². The minimum absolute atomic E-state index is 0.204. The molecular weight excluding hydrogens is 314 g/mol. The predicted molar refractivity (Wildman–Crippen MR) is 94.8 cm³/mol. The molecule has 0 atom stereocenters. The number of anilines is 1. The van der Waals surface area contributed by atoms with Gasteiger partial charge >= 0.3 is 0 Å². The first-order valence-electron chi connectivity index (χ1n) is 7.00. The lowest BCUT2D eigenvalue weighted by molar-refractivity contribution is 0.102. The van der Waals surface area contributed by atoms with Gasteiger partial charge in [-0.05, 0) is 42.7 Å². The Morgan fingerprint density at radius 1 is 1.27 bits per heavy atom. The first-order chi connectivity index (χ1) is 10.6. The third kappa shape index (κ3) is 4.74. The van der Waals surface area contributed by atoms with Crippen LogP contribution in [0.4, 0.5) is 5.69 Å². The molecule has 1 aromatic carbocycles. The van der Waals surface area contributed by atoms with Crippen molar-refractivity contribution in [3.8, 4) is 0 Å². The second kappa shape index (κ2) is 8.19. The zero-order chi connectivity index (χ0) is 15.9. The molecule has 0 spiro atoms. The topological polar surface area (TPSA) is 54.9 Å². The Morgan fingerprint density at radius 2 is 2.09 bits per heavy atom. The highest BCUT2D eigenvalue weighted by Gasteiger charge is 2.11. The molecule has 1 N–H and O–H groups in total. The van der Waals surface area contributed by atoms with Crippen LogP contribution < -0.4 is 5.32 Å². The van der Waals surface area contributed by atoms with E-state index in [-0.39, 0.29) is 5.91 Å². The summed E-state index contributed by atoms with van der Waals surface area (Å²) in [6.45, 7) is 3.91. The lowest BCUT2D eigenvalue weighted by Crippen LogP contribution is -2.15. The van der Waals surface area contributed by atoms with Gasteiger partial charge in [-0.1, -0.05) is 30.8 Å². The molecule has 0 unspecified atom stereocenters. The van der Waals surface area contributed by atoms with Crippen molar-refractivity contribution >= 4 is 35.1 Å². The van der Waals surface area contributed by atoms with Crippen LogP contribution in [0.25, 0.3) is 0 Å². The van der Waals surface area contributed by atoms with Crippen LogP contribution in [0.3, 0.4) is 0 Å². The summed E-state index contributed by atoms with van der Waals surface area (Å²) in [5.74, 6) is 1.60. The van der Waals surface area contributed by atoms with Crippen LogP contribution in [0.2, 0.25) is 0 Å². The van der Waals surface area contributed by atoms with E-state index in [0.29, 0.717) is 10.9 Å². The van der Waals surface area contributed by atoms with Crippen molar-refractivity contribution in [1.82, 2.24) is 9.97 Å². The van der Waals surface area contributed by atoms with Crippen molar-refractivity contribution in [3.05, 3.63) is 47.3 Å². The van der Waals surface area contributed by atoms with Crippen molar-refractivity contribution in [1.29, 1.82) is 0 Å². The number of amides is 1. The molecule has 0 saturated carbocycles. The van der Waals surface area contributed by atoms with E-state index < -0.39 is 0 Å². The van der Waals surface area contributed by atoms with Gasteiger partial charge < -0.3 is 5.32 Å². The fraction of sp³-hybridized carbons (Fsp3) is 0.312. The van der Waals surface area contributed by atoms with Crippen molar-refractivity contribution < 1.29 is 4.79 Å². The Labute approximate surface area is 139 Å². The van der Waals surface area contributed by atoms with Crippen LogP contribution in [0.5, 0.6) is 0 Å². The van der Waals surface area contributed by atoms with Gasteiger partial charge in [-0.25, -0.2) is 9.97 Å². The van der Waals surface area contributed by atoms with E-state index >= 15 is 0 Å². The number of aryl methyl sites for hydroxylation is 1. The Kier molecular flexibility index (Phi) is 6.27. The molecule has 6 heteroatoms. The molecule has 0 bridgehead atoms. The van der Waals surface area contributed by atoms with Crippen LogP contribution in [0.1, 0.15) is 28.7 Å². The maximum atomic E-state index is 12.4. The van der Waals surface area contributed by atoms with Crippen LogP contribution in [-0.2, 0) is 5.75 Å². The number of thioether (sulfide) groups is 2. The number of nitrogens with zero attached hydrogens (tertiary/aromatic N) is 2. The van der Waals surface area contributed by atoms with E-state index in [9.17, 15) is 4.79 Å². The molecule has 4 nitrogen and oxygen atoms in total. The Bertz CT molecular complexity index is 662. The van der Waals surface area contributed by atoms with E-state index in [1.807, 2.05) is 32.0 Å². The van der Waals surface area contributed by atoms with Gasteiger partial charge in [0.25, 0.3) is 5.91 Å². The maximum Gasteiger partial charge on any atom is 0.274 e. The van der Waals surface area contributed by atoms with Gasteiger partial charge in [0.15, 0.2) is 5.16 Å². The predicted octanol–water partition coefficient (Wildman–Crippen LogP) is 4.01. The van der Waals surface area contributed by atoms with E-state index in [4.69, 9.17) is 0 Å². The van der Waals surface area contributed by atoms with Crippen LogP contribution in [0, 0.1) is 6.92 Å². The molecule has 116 valence electrons.